The van der Waals surface area contributed by atoms with Crippen molar-refractivity contribution in [2.24, 2.45) is 0 Å². The summed E-state index contributed by atoms with van der Waals surface area (Å²) < 4.78 is 0.780. The van der Waals surface area contributed by atoms with Crippen molar-refractivity contribution < 1.29 is 0 Å². The maximum absolute atomic E-state index is 4.32. The van der Waals surface area contributed by atoms with Gasteiger partial charge in [-0.15, -0.1) is 0 Å². The molecule has 0 bridgehead atoms. The molecule has 0 aliphatic rings. The number of hydrogen-bond donors (Lipinski definition) is 1. The Labute approximate surface area is 89.1 Å². The van der Waals surface area contributed by atoms with Crippen molar-refractivity contribution in [3.8, 4) is 0 Å². The molecule has 0 fully saturated rings. The normalized spacial score (nSPS) is 11.2. The van der Waals surface area contributed by atoms with Crippen LogP contribution in [0.3, 0.4) is 0 Å². The molecule has 1 heterocycles. The number of imidazole rings is 1. The number of aromatic nitrogens is 2. The number of H-pyrrole nitrogens is 1. The molecule has 1 N–H and O–H groups in total. The van der Waals surface area contributed by atoms with Gasteiger partial charge in [-0.1, -0.05) is 24.3 Å². The lowest BCUT2D eigenvalue weighted by atomic mass is 10.1. The fourth-order valence-electron chi connectivity index (χ4n) is 1.67. The van der Waals surface area contributed by atoms with Crippen LogP contribution in [0.1, 0.15) is 0 Å². The third-order valence-electron chi connectivity index (χ3n) is 2.32. The third-order valence-corrected chi connectivity index (χ3v) is 2.70. The van der Waals surface area contributed by atoms with Gasteiger partial charge in [0.25, 0.3) is 0 Å². The molecule has 68 valence electrons. The Hall–Kier alpha value is -1.35. The first kappa shape index (κ1) is 8.00. The van der Waals surface area contributed by atoms with E-state index in [0.29, 0.717) is 0 Å². The summed E-state index contributed by atoms with van der Waals surface area (Å²) in [6.07, 6.45) is 0. The molecule has 0 saturated carbocycles. The van der Waals surface area contributed by atoms with Crippen LogP contribution in [0.2, 0.25) is 0 Å². The molecule has 0 atom stereocenters. The summed E-state index contributed by atoms with van der Waals surface area (Å²) in [5.74, 6) is 0. The summed E-state index contributed by atoms with van der Waals surface area (Å²) in [5, 5.41) is 2.45. The highest BCUT2D eigenvalue weighted by Crippen LogP contribution is 2.22. The van der Waals surface area contributed by atoms with E-state index in [-0.39, 0.29) is 0 Å². The molecular formula is C11H7BrN2. The van der Waals surface area contributed by atoms with Crippen LogP contribution >= 0.6 is 15.9 Å². The predicted octanol–water partition coefficient (Wildman–Crippen LogP) is 3.48. The zero-order chi connectivity index (χ0) is 9.54. The lowest BCUT2D eigenvalue weighted by Gasteiger charge is -1.95. The highest BCUT2D eigenvalue weighted by atomic mass is 79.9. The minimum absolute atomic E-state index is 0.780. The Morgan fingerprint density at radius 2 is 1.79 bits per heavy atom. The van der Waals surface area contributed by atoms with Crippen molar-refractivity contribution in [3.63, 3.8) is 0 Å². The molecular weight excluding hydrogens is 240 g/mol. The van der Waals surface area contributed by atoms with Gasteiger partial charge < -0.3 is 4.98 Å². The van der Waals surface area contributed by atoms with Gasteiger partial charge in [0.15, 0.2) is 4.73 Å². The minimum Gasteiger partial charge on any atom is -0.332 e. The Bertz CT molecular complexity index is 560. The Morgan fingerprint density at radius 1 is 1.07 bits per heavy atom. The van der Waals surface area contributed by atoms with Crippen molar-refractivity contribution in [2.45, 2.75) is 0 Å². The Balaban J connectivity index is 2.51. The van der Waals surface area contributed by atoms with Gasteiger partial charge in [0, 0.05) is 0 Å². The summed E-state index contributed by atoms with van der Waals surface area (Å²) in [7, 11) is 0. The number of benzene rings is 2. The van der Waals surface area contributed by atoms with Crippen LogP contribution in [0.15, 0.2) is 41.1 Å². The molecule has 2 nitrogen and oxygen atoms in total. The van der Waals surface area contributed by atoms with E-state index < -0.39 is 0 Å². The average molecular weight is 247 g/mol. The molecule has 1 aromatic heterocycles. The first-order chi connectivity index (χ1) is 6.83. The number of fused-ring (bicyclic) bond motifs is 2. The molecule has 0 spiro atoms. The van der Waals surface area contributed by atoms with Crippen LogP contribution in [0.4, 0.5) is 0 Å². The van der Waals surface area contributed by atoms with E-state index in [4.69, 9.17) is 0 Å². The molecule has 0 saturated heterocycles. The van der Waals surface area contributed by atoms with Crippen molar-refractivity contribution in [2.75, 3.05) is 0 Å². The molecule has 0 radical (unpaired) electrons. The van der Waals surface area contributed by atoms with Crippen molar-refractivity contribution in [3.05, 3.63) is 41.1 Å². The molecule has 14 heavy (non-hydrogen) atoms. The van der Waals surface area contributed by atoms with Gasteiger partial charge in [0.1, 0.15) is 0 Å². The fourth-order valence-corrected chi connectivity index (χ4v) is 2.07. The molecule has 0 aliphatic carbocycles. The Kier molecular flexibility index (Phi) is 1.61. The number of rotatable bonds is 0. The standard InChI is InChI=1S/C11H7BrN2/c12-11-13-9-5-7-3-1-2-4-8(7)6-10(9)14-11/h1-6H,(H,13,14). The Morgan fingerprint density at radius 3 is 2.57 bits per heavy atom. The van der Waals surface area contributed by atoms with Crippen molar-refractivity contribution in [1.29, 1.82) is 0 Å². The summed E-state index contributed by atoms with van der Waals surface area (Å²) >= 11 is 3.33. The highest BCUT2D eigenvalue weighted by molar-refractivity contribution is 9.10. The van der Waals surface area contributed by atoms with E-state index in [0.717, 1.165) is 15.8 Å². The second-order valence-corrected chi connectivity index (χ2v) is 4.00. The zero-order valence-electron chi connectivity index (χ0n) is 7.29. The number of aromatic amines is 1. The van der Waals surface area contributed by atoms with E-state index in [9.17, 15) is 0 Å². The summed E-state index contributed by atoms with van der Waals surface area (Å²) in [4.78, 5) is 7.48. The minimum atomic E-state index is 0.780. The maximum Gasteiger partial charge on any atom is 0.175 e. The van der Waals surface area contributed by atoms with Gasteiger partial charge >= 0.3 is 0 Å². The second-order valence-electron chi connectivity index (χ2n) is 3.24. The van der Waals surface area contributed by atoms with Gasteiger partial charge in [-0.05, 0) is 38.8 Å². The maximum atomic E-state index is 4.32. The summed E-state index contributed by atoms with van der Waals surface area (Å²) in [6, 6.07) is 12.5. The van der Waals surface area contributed by atoms with Crippen molar-refractivity contribution in [1.82, 2.24) is 9.97 Å². The lowest BCUT2D eigenvalue weighted by Crippen LogP contribution is -1.73. The first-order valence-corrected chi connectivity index (χ1v) is 5.16. The van der Waals surface area contributed by atoms with Crippen LogP contribution in [0.5, 0.6) is 0 Å². The van der Waals surface area contributed by atoms with E-state index in [1.54, 1.807) is 0 Å². The summed E-state index contributed by atoms with van der Waals surface area (Å²) in [6.45, 7) is 0. The topological polar surface area (TPSA) is 28.7 Å². The van der Waals surface area contributed by atoms with Crippen LogP contribution in [0.25, 0.3) is 21.8 Å². The summed E-state index contributed by atoms with van der Waals surface area (Å²) in [5.41, 5.74) is 2.06. The van der Waals surface area contributed by atoms with Gasteiger partial charge in [-0.25, -0.2) is 4.98 Å². The van der Waals surface area contributed by atoms with Gasteiger partial charge in [-0.2, -0.15) is 0 Å². The SMILES string of the molecule is Brc1nc2cc3ccccc3cc2[nH]1. The van der Waals surface area contributed by atoms with E-state index >= 15 is 0 Å². The number of halogens is 1. The van der Waals surface area contributed by atoms with Crippen LogP contribution in [-0.4, -0.2) is 9.97 Å². The molecule has 3 aromatic rings. The largest absolute Gasteiger partial charge is 0.332 e. The zero-order valence-corrected chi connectivity index (χ0v) is 8.88. The number of nitrogens with zero attached hydrogens (tertiary/aromatic N) is 1. The lowest BCUT2D eigenvalue weighted by molar-refractivity contribution is 1.27. The number of nitrogens with one attached hydrogen (secondary N) is 1. The molecule has 0 amide bonds. The molecule has 0 aliphatic heterocycles. The molecule has 0 unspecified atom stereocenters. The van der Waals surface area contributed by atoms with Crippen molar-refractivity contribution >= 4 is 37.7 Å². The molecule has 3 rings (SSSR count). The van der Waals surface area contributed by atoms with E-state index in [1.807, 2.05) is 12.1 Å². The van der Waals surface area contributed by atoms with Crippen LogP contribution in [-0.2, 0) is 0 Å². The van der Waals surface area contributed by atoms with Gasteiger partial charge in [0.05, 0.1) is 11.0 Å². The predicted molar refractivity (Wildman–Crippen MR) is 61.3 cm³/mol. The van der Waals surface area contributed by atoms with E-state index in [2.05, 4.69) is 50.2 Å². The van der Waals surface area contributed by atoms with E-state index in [1.165, 1.54) is 10.8 Å². The highest BCUT2D eigenvalue weighted by Gasteiger charge is 2.01. The fraction of sp³-hybridized carbons (Fsp3) is 0. The second kappa shape index (κ2) is 2.82. The monoisotopic (exact) mass is 246 g/mol. The van der Waals surface area contributed by atoms with Crippen LogP contribution < -0.4 is 0 Å². The number of hydrogen-bond acceptors (Lipinski definition) is 1. The third kappa shape index (κ3) is 1.13. The molecule has 3 heteroatoms. The smallest absolute Gasteiger partial charge is 0.175 e. The van der Waals surface area contributed by atoms with Gasteiger partial charge in [-0.3, -0.25) is 0 Å². The first-order valence-electron chi connectivity index (χ1n) is 4.37. The average Bonchev–Trinajstić information content (AvgIpc) is 2.53. The molecule has 2 aromatic carbocycles. The quantitative estimate of drug-likeness (QED) is 0.647. The van der Waals surface area contributed by atoms with Gasteiger partial charge in [0.2, 0.25) is 0 Å². The van der Waals surface area contributed by atoms with Crippen LogP contribution in [0, 0.1) is 0 Å².